The first-order valence-corrected chi connectivity index (χ1v) is 7.29. The Kier molecular flexibility index (Phi) is 5.01. The van der Waals surface area contributed by atoms with Crippen molar-refractivity contribution < 1.29 is 19.4 Å². The van der Waals surface area contributed by atoms with Gasteiger partial charge in [0.05, 0.1) is 13.2 Å². The van der Waals surface area contributed by atoms with Crippen LogP contribution in [0.15, 0.2) is 18.2 Å². The van der Waals surface area contributed by atoms with Crippen molar-refractivity contribution >= 4 is 5.78 Å². The minimum absolute atomic E-state index is 0.00141. The summed E-state index contributed by atoms with van der Waals surface area (Å²) in [7, 11) is 0. The molecule has 0 saturated carbocycles. The molecule has 0 saturated heterocycles. The Morgan fingerprint density at radius 3 is 2.50 bits per heavy atom. The second kappa shape index (κ2) is 6.75. The number of hydrogen-bond acceptors (Lipinski definition) is 4. The van der Waals surface area contributed by atoms with Gasteiger partial charge in [-0.1, -0.05) is 26.7 Å². The summed E-state index contributed by atoms with van der Waals surface area (Å²) in [5.74, 6) is 1.01. The number of fused-ring (bicyclic) bond motifs is 1. The Hall–Kier alpha value is -1.55. The van der Waals surface area contributed by atoms with E-state index >= 15 is 0 Å². The summed E-state index contributed by atoms with van der Waals surface area (Å²) in [5.41, 5.74) is 0.480. The zero-order chi connectivity index (χ0) is 14.5. The molecule has 0 radical (unpaired) electrons. The van der Waals surface area contributed by atoms with Gasteiger partial charge in [-0.25, -0.2) is 0 Å². The quantitative estimate of drug-likeness (QED) is 0.841. The van der Waals surface area contributed by atoms with Crippen LogP contribution in [0.3, 0.4) is 0 Å². The Balaban J connectivity index is 2.20. The zero-order valence-electron chi connectivity index (χ0n) is 12.1. The molecule has 1 aromatic carbocycles. The molecule has 1 aliphatic rings. The second-order valence-electron chi connectivity index (χ2n) is 5.10. The predicted molar refractivity (Wildman–Crippen MR) is 76.5 cm³/mol. The first-order valence-electron chi connectivity index (χ1n) is 7.29. The first-order chi connectivity index (χ1) is 9.67. The molecule has 1 heterocycles. The van der Waals surface area contributed by atoms with Gasteiger partial charge in [0.15, 0.2) is 17.3 Å². The van der Waals surface area contributed by atoms with Gasteiger partial charge in [-0.15, -0.1) is 0 Å². The summed E-state index contributed by atoms with van der Waals surface area (Å²) in [6.07, 6.45) is 1.45. The van der Waals surface area contributed by atoms with E-state index in [0.29, 0.717) is 30.3 Å². The van der Waals surface area contributed by atoms with Crippen molar-refractivity contribution in [2.24, 2.45) is 5.92 Å². The average molecular weight is 278 g/mol. The number of aliphatic hydroxyl groups excluding tert-OH is 1. The lowest BCUT2D eigenvalue weighted by Crippen LogP contribution is -2.29. The SMILES string of the molecule is CCC(CC)C(O)C(=O)c1ccc2c(c1)OCCCO2. The molecule has 0 spiro atoms. The van der Waals surface area contributed by atoms with Crippen LogP contribution in [0.4, 0.5) is 0 Å². The number of carbonyl (C=O) groups is 1. The van der Waals surface area contributed by atoms with Crippen molar-refractivity contribution in [3.8, 4) is 11.5 Å². The molecule has 1 unspecified atom stereocenters. The van der Waals surface area contributed by atoms with E-state index in [0.717, 1.165) is 19.3 Å². The van der Waals surface area contributed by atoms with E-state index in [9.17, 15) is 9.90 Å². The molecule has 2 rings (SSSR count). The van der Waals surface area contributed by atoms with E-state index in [1.165, 1.54) is 0 Å². The number of hydrogen-bond donors (Lipinski definition) is 1. The zero-order valence-corrected chi connectivity index (χ0v) is 12.1. The van der Waals surface area contributed by atoms with Crippen LogP contribution in [0.1, 0.15) is 43.5 Å². The van der Waals surface area contributed by atoms with Crippen molar-refractivity contribution in [1.29, 1.82) is 0 Å². The molecule has 1 N–H and O–H groups in total. The van der Waals surface area contributed by atoms with Crippen molar-refractivity contribution in [2.45, 2.75) is 39.2 Å². The lowest BCUT2D eigenvalue weighted by Gasteiger charge is -2.19. The highest BCUT2D eigenvalue weighted by Crippen LogP contribution is 2.31. The highest BCUT2D eigenvalue weighted by Gasteiger charge is 2.25. The Morgan fingerprint density at radius 1 is 1.20 bits per heavy atom. The minimum atomic E-state index is -0.949. The smallest absolute Gasteiger partial charge is 0.191 e. The van der Waals surface area contributed by atoms with Crippen molar-refractivity contribution in [3.63, 3.8) is 0 Å². The maximum Gasteiger partial charge on any atom is 0.191 e. The van der Waals surface area contributed by atoms with Crippen LogP contribution in [0.2, 0.25) is 0 Å². The van der Waals surface area contributed by atoms with Gasteiger partial charge in [0.1, 0.15) is 6.10 Å². The van der Waals surface area contributed by atoms with Crippen LogP contribution in [-0.4, -0.2) is 30.2 Å². The Labute approximate surface area is 119 Å². The number of rotatable bonds is 5. The highest BCUT2D eigenvalue weighted by molar-refractivity contribution is 6.00. The van der Waals surface area contributed by atoms with Crippen LogP contribution >= 0.6 is 0 Å². The third-order valence-electron chi connectivity index (χ3n) is 3.80. The van der Waals surface area contributed by atoms with E-state index in [1.807, 2.05) is 13.8 Å². The van der Waals surface area contributed by atoms with Gasteiger partial charge in [0.2, 0.25) is 0 Å². The standard InChI is InChI=1S/C16H22O4/c1-3-11(4-2)15(17)16(18)12-6-7-13-14(10-12)20-9-5-8-19-13/h6-7,10-11,15,17H,3-5,8-9H2,1-2H3. The number of ether oxygens (including phenoxy) is 2. The van der Waals surface area contributed by atoms with Crippen LogP contribution < -0.4 is 9.47 Å². The van der Waals surface area contributed by atoms with Crippen molar-refractivity contribution in [1.82, 2.24) is 0 Å². The molecule has 1 aliphatic heterocycles. The summed E-state index contributed by atoms with van der Waals surface area (Å²) >= 11 is 0. The van der Waals surface area contributed by atoms with E-state index in [4.69, 9.17) is 9.47 Å². The van der Waals surface area contributed by atoms with Gasteiger partial charge >= 0.3 is 0 Å². The van der Waals surface area contributed by atoms with Gasteiger partial charge in [-0.2, -0.15) is 0 Å². The largest absolute Gasteiger partial charge is 0.490 e. The summed E-state index contributed by atoms with van der Waals surface area (Å²) in [5, 5.41) is 10.2. The summed E-state index contributed by atoms with van der Waals surface area (Å²) in [6, 6.07) is 5.11. The maximum absolute atomic E-state index is 12.3. The molecular formula is C16H22O4. The van der Waals surface area contributed by atoms with Crippen LogP contribution in [0, 0.1) is 5.92 Å². The molecule has 0 aromatic heterocycles. The Bertz CT molecular complexity index is 466. The van der Waals surface area contributed by atoms with E-state index in [-0.39, 0.29) is 11.7 Å². The van der Waals surface area contributed by atoms with E-state index < -0.39 is 6.10 Å². The second-order valence-corrected chi connectivity index (χ2v) is 5.10. The third kappa shape index (κ3) is 3.12. The molecule has 0 fully saturated rings. The molecule has 4 heteroatoms. The fraction of sp³-hybridized carbons (Fsp3) is 0.562. The highest BCUT2D eigenvalue weighted by atomic mass is 16.5. The molecule has 20 heavy (non-hydrogen) atoms. The molecule has 0 bridgehead atoms. The summed E-state index contributed by atoms with van der Waals surface area (Å²) < 4.78 is 11.1. The van der Waals surface area contributed by atoms with Crippen molar-refractivity contribution in [3.05, 3.63) is 23.8 Å². The number of aliphatic hydroxyl groups is 1. The van der Waals surface area contributed by atoms with Gasteiger partial charge in [0.25, 0.3) is 0 Å². The maximum atomic E-state index is 12.3. The van der Waals surface area contributed by atoms with Crippen LogP contribution in [0.5, 0.6) is 11.5 Å². The summed E-state index contributed by atoms with van der Waals surface area (Å²) in [6.45, 7) is 5.17. The predicted octanol–water partition coefficient (Wildman–Crippen LogP) is 2.83. The van der Waals surface area contributed by atoms with Gasteiger partial charge < -0.3 is 14.6 Å². The summed E-state index contributed by atoms with van der Waals surface area (Å²) in [4.78, 5) is 12.3. The van der Waals surface area contributed by atoms with Gasteiger partial charge in [-0.3, -0.25) is 4.79 Å². The Morgan fingerprint density at radius 2 is 1.85 bits per heavy atom. The molecule has 0 amide bonds. The average Bonchev–Trinajstić information content (AvgIpc) is 2.72. The van der Waals surface area contributed by atoms with Crippen LogP contribution in [-0.2, 0) is 0 Å². The first kappa shape index (κ1) is 14.9. The fourth-order valence-corrected chi connectivity index (χ4v) is 2.44. The molecule has 1 aromatic rings. The third-order valence-corrected chi connectivity index (χ3v) is 3.80. The lowest BCUT2D eigenvalue weighted by molar-refractivity contribution is 0.0587. The fourth-order valence-electron chi connectivity index (χ4n) is 2.44. The number of carbonyl (C=O) groups excluding carboxylic acids is 1. The normalized spacial score (nSPS) is 15.8. The molecule has 0 aliphatic carbocycles. The number of benzene rings is 1. The van der Waals surface area contributed by atoms with E-state index in [2.05, 4.69) is 0 Å². The van der Waals surface area contributed by atoms with Gasteiger partial charge in [0, 0.05) is 12.0 Å². The number of Topliss-reactive ketones (excluding diaryl/α,β-unsaturated/α-hetero) is 1. The molecule has 1 atom stereocenters. The molecule has 110 valence electrons. The van der Waals surface area contributed by atoms with Gasteiger partial charge in [-0.05, 0) is 24.1 Å². The van der Waals surface area contributed by atoms with E-state index in [1.54, 1.807) is 18.2 Å². The lowest BCUT2D eigenvalue weighted by atomic mass is 9.91. The van der Waals surface area contributed by atoms with Crippen molar-refractivity contribution in [2.75, 3.05) is 13.2 Å². The molecule has 4 nitrogen and oxygen atoms in total. The van der Waals surface area contributed by atoms with Crippen LogP contribution in [0.25, 0.3) is 0 Å². The minimum Gasteiger partial charge on any atom is -0.490 e. The number of ketones is 1. The monoisotopic (exact) mass is 278 g/mol. The molecular weight excluding hydrogens is 256 g/mol. The topological polar surface area (TPSA) is 55.8 Å².